The summed E-state index contributed by atoms with van der Waals surface area (Å²) in [6, 6.07) is 3.44. The molecule has 2 aromatic rings. The molecule has 0 atom stereocenters. The van der Waals surface area contributed by atoms with E-state index >= 15 is 0 Å². The molecule has 0 bridgehead atoms. The first kappa shape index (κ1) is 11.6. The van der Waals surface area contributed by atoms with Crippen molar-refractivity contribution in [2.24, 2.45) is 0 Å². The third-order valence-electron chi connectivity index (χ3n) is 2.44. The molecule has 0 aromatic carbocycles. The molecule has 0 aliphatic rings. The first-order chi connectivity index (χ1) is 8.18. The normalized spacial score (nSPS) is 10.2. The Morgan fingerprint density at radius 3 is 3.00 bits per heavy atom. The average Bonchev–Trinajstić information content (AvgIpc) is 2.72. The van der Waals surface area contributed by atoms with Crippen LogP contribution in [0.5, 0.6) is 0 Å². The maximum Gasteiger partial charge on any atom is 0.356 e. The Labute approximate surface area is 103 Å². The smallest absolute Gasteiger partial charge is 0.356 e. The van der Waals surface area contributed by atoms with Crippen molar-refractivity contribution in [3.8, 4) is 0 Å². The number of carboxylic acid groups (broad SMARTS) is 1. The van der Waals surface area contributed by atoms with Gasteiger partial charge in [-0.2, -0.15) is 11.3 Å². The number of anilines is 1. The van der Waals surface area contributed by atoms with Gasteiger partial charge in [-0.1, -0.05) is 0 Å². The molecular formula is C12H12N2O2S. The van der Waals surface area contributed by atoms with Crippen LogP contribution in [-0.2, 0) is 6.54 Å². The third-order valence-corrected chi connectivity index (χ3v) is 3.35. The molecule has 0 saturated heterocycles. The second-order valence-corrected chi connectivity index (χ2v) is 4.38. The van der Waals surface area contributed by atoms with Crippen molar-refractivity contribution in [1.29, 1.82) is 0 Å². The van der Waals surface area contributed by atoms with Crippen molar-refractivity contribution in [2.75, 3.05) is 5.32 Å². The van der Waals surface area contributed by atoms with Crippen LogP contribution in [0.2, 0.25) is 0 Å². The second kappa shape index (κ2) is 4.97. The highest BCUT2D eigenvalue weighted by atomic mass is 32.1. The molecule has 17 heavy (non-hydrogen) atoms. The molecule has 0 fully saturated rings. The Hall–Kier alpha value is -1.88. The molecule has 5 heteroatoms. The third kappa shape index (κ3) is 2.62. The minimum atomic E-state index is -1.02. The fourth-order valence-corrected chi connectivity index (χ4v) is 2.33. The van der Waals surface area contributed by atoms with Crippen LogP contribution in [0.1, 0.15) is 21.6 Å². The molecule has 4 nitrogen and oxygen atoms in total. The van der Waals surface area contributed by atoms with Crippen LogP contribution in [0.25, 0.3) is 0 Å². The SMILES string of the molecule is Cc1cscc1CNc1cccnc1C(=O)O. The van der Waals surface area contributed by atoms with Gasteiger partial charge in [0.25, 0.3) is 0 Å². The lowest BCUT2D eigenvalue weighted by atomic mass is 10.2. The standard InChI is InChI=1S/C12H12N2O2S/c1-8-6-17-7-9(8)5-14-10-3-2-4-13-11(10)12(15)16/h2-4,6-7,14H,5H2,1H3,(H,15,16). The summed E-state index contributed by atoms with van der Waals surface area (Å²) in [5.74, 6) is -1.02. The Balaban J connectivity index is 2.14. The number of nitrogens with zero attached hydrogens (tertiary/aromatic N) is 1. The van der Waals surface area contributed by atoms with Gasteiger partial charge in [0.15, 0.2) is 5.69 Å². The van der Waals surface area contributed by atoms with Crippen LogP contribution >= 0.6 is 11.3 Å². The van der Waals surface area contributed by atoms with Crippen molar-refractivity contribution in [3.63, 3.8) is 0 Å². The Kier molecular flexibility index (Phi) is 3.39. The van der Waals surface area contributed by atoms with E-state index in [2.05, 4.69) is 21.1 Å². The van der Waals surface area contributed by atoms with Crippen LogP contribution in [0.15, 0.2) is 29.1 Å². The molecule has 0 unspecified atom stereocenters. The van der Waals surface area contributed by atoms with Crippen LogP contribution in [0, 0.1) is 6.92 Å². The molecule has 0 saturated carbocycles. The van der Waals surface area contributed by atoms with Gasteiger partial charge in [0.05, 0.1) is 5.69 Å². The number of hydrogen-bond donors (Lipinski definition) is 2. The monoisotopic (exact) mass is 248 g/mol. The van der Waals surface area contributed by atoms with Gasteiger partial charge < -0.3 is 10.4 Å². The van der Waals surface area contributed by atoms with Crippen molar-refractivity contribution in [2.45, 2.75) is 13.5 Å². The van der Waals surface area contributed by atoms with Crippen molar-refractivity contribution in [1.82, 2.24) is 4.98 Å². The zero-order valence-corrected chi connectivity index (χ0v) is 10.1. The topological polar surface area (TPSA) is 62.2 Å². The minimum Gasteiger partial charge on any atom is -0.476 e. The summed E-state index contributed by atoms with van der Waals surface area (Å²) in [4.78, 5) is 14.8. The lowest BCUT2D eigenvalue weighted by Gasteiger charge is -2.08. The predicted molar refractivity (Wildman–Crippen MR) is 67.6 cm³/mol. The fraction of sp³-hybridized carbons (Fsp3) is 0.167. The molecule has 2 N–H and O–H groups in total. The van der Waals surface area contributed by atoms with Gasteiger partial charge in [-0.15, -0.1) is 0 Å². The summed E-state index contributed by atoms with van der Waals surface area (Å²) in [6.45, 7) is 2.65. The average molecular weight is 248 g/mol. The molecule has 0 aliphatic carbocycles. The number of carbonyl (C=O) groups is 1. The molecular weight excluding hydrogens is 236 g/mol. The van der Waals surface area contributed by atoms with Crippen LogP contribution in [0.4, 0.5) is 5.69 Å². The summed E-state index contributed by atoms with van der Waals surface area (Å²) < 4.78 is 0. The van der Waals surface area contributed by atoms with Gasteiger partial charge in [-0.25, -0.2) is 9.78 Å². The molecule has 0 amide bonds. The van der Waals surface area contributed by atoms with E-state index in [4.69, 9.17) is 5.11 Å². The molecule has 2 heterocycles. The van der Waals surface area contributed by atoms with Crippen LogP contribution in [-0.4, -0.2) is 16.1 Å². The summed E-state index contributed by atoms with van der Waals surface area (Å²) in [5.41, 5.74) is 2.99. The van der Waals surface area contributed by atoms with Crippen molar-refractivity contribution >= 4 is 23.0 Å². The van der Waals surface area contributed by atoms with Gasteiger partial charge in [0.2, 0.25) is 0 Å². The highest BCUT2D eigenvalue weighted by Crippen LogP contribution is 2.17. The molecule has 0 radical (unpaired) electrons. The zero-order valence-electron chi connectivity index (χ0n) is 9.30. The van der Waals surface area contributed by atoms with Gasteiger partial charge in [0.1, 0.15) is 0 Å². The summed E-state index contributed by atoms with van der Waals surface area (Å²) in [5, 5.41) is 16.2. The van der Waals surface area contributed by atoms with E-state index in [1.165, 1.54) is 17.3 Å². The Bertz CT molecular complexity index is 537. The fourth-order valence-electron chi connectivity index (χ4n) is 1.48. The molecule has 0 aliphatic heterocycles. The molecule has 2 aromatic heterocycles. The summed E-state index contributed by atoms with van der Waals surface area (Å²) in [7, 11) is 0. The Morgan fingerprint density at radius 1 is 1.53 bits per heavy atom. The number of thiophene rings is 1. The highest BCUT2D eigenvalue weighted by molar-refractivity contribution is 7.08. The van der Waals surface area contributed by atoms with Crippen LogP contribution < -0.4 is 5.32 Å². The molecule has 88 valence electrons. The van der Waals surface area contributed by atoms with E-state index in [9.17, 15) is 4.79 Å². The number of rotatable bonds is 4. The Morgan fingerprint density at radius 2 is 2.35 bits per heavy atom. The lowest BCUT2D eigenvalue weighted by Crippen LogP contribution is -2.08. The first-order valence-corrected chi connectivity index (χ1v) is 6.06. The predicted octanol–water partition coefficient (Wildman–Crippen LogP) is 2.76. The maximum absolute atomic E-state index is 10.9. The largest absolute Gasteiger partial charge is 0.476 e. The number of nitrogens with one attached hydrogen (secondary N) is 1. The quantitative estimate of drug-likeness (QED) is 0.873. The van der Waals surface area contributed by atoms with E-state index in [-0.39, 0.29) is 5.69 Å². The van der Waals surface area contributed by atoms with Gasteiger partial charge in [-0.05, 0) is 40.9 Å². The summed E-state index contributed by atoms with van der Waals surface area (Å²) in [6.07, 6.45) is 1.48. The number of aryl methyl sites for hydroxylation is 1. The highest BCUT2D eigenvalue weighted by Gasteiger charge is 2.10. The molecule has 2 rings (SSSR count). The van der Waals surface area contributed by atoms with Crippen molar-refractivity contribution < 1.29 is 9.90 Å². The van der Waals surface area contributed by atoms with E-state index < -0.39 is 5.97 Å². The van der Waals surface area contributed by atoms with Crippen LogP contribution in [0.3, 0.4) is 0 Å². The van der Waals surface area contributed by atoms with E-state index in [0.717, 1.165) is 0 Å². The van der Waals surface area contributed by atoms with Crippen molar-refractivity contribution in [3.05, 3.63) is 45.9 Å². The number of aromatic carboxylic acids is 1. The number of hydrogen-bond acceptors (Lipinski definition) is 4. The minimum absolute atomic E-state index is 0.0559. The first-order valence-electron chi connectivity index (χ1n) is 5.12. The van der Waals surface area contributed by atoms with Gasteiger partial charge in [-0.3, -0.25) is 0 Å². The van der Waals surface area contributed by atoms with Gasteiger partial charge in [0, 0.05) is 12.7 Å². The number of carboxylic acids is 1. The number of aromatic nitrogens is 1. The van der Waals surface area contributed by atoms with E-state index in [0.29, 0.717) is 12.2 Å². The number of pyridine rings is 1. The zero-order chi connectivity index (χ0) is 12.3. The van der Waals surface area contributed by atoms with E-state index in [1.807, 2.05) is 6.92 Å². The van der Waals surface area contributed by atoms with E-state index in [1.54, 1.807) is 23.5 Å². The molecule has 0 spiro atoms. The van der Waals surface area contributed by atoms with Gasteiger partial charge >= 0.3 is 5.97 Å². The maximum atomic E-state index is 10.9. The lowest BCUT2D eigenvalue weighted by molar-refractivity contribution is 0.0691. The second-order valence-electron chi connectivity index (χ2n) is 3.64. The summed E-state index contributed by atoms with van der Waals surface area (Å²) >= 11 is 1.64.